The molecule has 1 atom stereocenters. The fraction of sp³-hybridized carbons (Fsp3) is 0.485. The van der Waals surface area contributed by atoms with Gasteiger partial charge in [-0.1, -0.05) is 42.8 Å². The van der Waals surface area contributed by atoms with Crippen molar-refractivity contribution in [1.82, 2.24) is 15.0 Å². The van der Waals surface area contributed by atoms with Gasteiger partial charge in [-0.25, -0.2) is 9.48 Å². The van der Waals surface area contributed by atoms with E-state index in [9.17, 15) is 14.4 Å². The van der Waals surface area contributed by atoms with Crippen molar-refractivity contribution in [2.75, 3.05) is 35.7 Å². The zero-order chi connectivity index (χ0) is 33.4. The predicted octanol–water partition coefficient (Wildman–Crippen LogP) is 6.61. The van der Waals surface area contributed by atoms with E-state index in [1.807, 2.05) is 11.9 Å². The maximum Gasteiger partial charge on any atom is 0.412 e. The first-order valence-corrected chi connectivity index (χ1v) is 15.8. The number of anilines is 3. The number of aromatic nitrogens is 3. The Morgan fingerprint density at radius 2 is 1.89 bits per heavy atom. The van der Waals surface area contributed by atoms with Gasteiger partial charge in [0.2, 0.25) is 5.91 Å². The molecule has 0 spiro atoms. The number of halogens is 1. The maximum atomic E-state index is 13.2. The molecule has 2 aromatic carbocycles. The topological polar surface area (TPSA) is 137 Å². The third-order valence-corrected chi connectivity index (χ3v) is 7.26. The average Bonchev–Trinajstić information content (AvgIpc) is 3.45. The molecule has 0 saturated carbocycles. The highest BCUT2D eigenvalue weighted by Crippen LogP contribution is 2.36. The van der Waals surface area contributed by atoms with Crippen LogP contribution in [0.3, 0.4) is 0 Å². The lowest BCUT2D eigenvalue weighted by molar-refractivity contribution is -0.169. The number of hydrogen-bond donors (Lipinski definition) is 2. The summed E-state index contributed by atoms with van der Waals surface area (Å²) in [6, 6.07) is 10.0. The van der Waals surface area contributed by atoms with Crippen LogP contribution in [0.5, 0.6) is 0 Å². The predicted molar refractivity (Wildman–Crippen MR) is 177 cm³/mol. The lowest BCUT2D eigenvalue weighted by atomic mass is 10.1. The molecule has 0 radical (unpaired) electrons. The van der Waals surface area contributed by atoms with Crippen LogP contribution >= 0.6 is 11.6 Å². The molecule has 1 saturated heterocycles. The molecule has 4 rings (SSSR count). The highest BCUT2D eigenvalue weighted by Gasteiger charge is 2.22. The van der Waals surface area contributed by atoms with Crippen LogP contribution in [0.2, 0.25) is 5.02 Å². The van der Waals surface area contributed by atoms with E-state index in [1.165, 1.54) is 0 Å². The van der Waals surface area contributed by atoms with Gasteiger partial charge in [0.05, 0.1) is 52.7 Å². The number of ether oxygens (including phenoxy) is 3. The summed E-state index contributed by atoms with van der Waals surface area (Å²) >= 11 is 6.62. The summed E-state index contributed by atoms with van der Waals surface area (Å²) in [6.07, 6.45) is 3.10. The van der Waals surface area contributed by atoms with Gasteiger partial charge < -0.3 is 24.4 Å². The summed E-state index contributed by atoms with van der Waals surface area (Å²) in [7, 11) is 1.89. The van der Waals surface area contributed by atoms with E-state index in [4.69, 9.17) is 25.8 Å². The molecule has 0 aliphatic carbocycles. The van der Waals surface area contributed by atoms with E-state index < -0.39 is 29.8 Å². The van der Waals surface area contributed by atoms with Crippen molar-refractivity contribution >= 4 is 46.4 Å². The van der Waals surface area contributed by atoms with Gasteiger partial charge in [0.15, 0.2) is 12.1 Å². The molecule has 1 fully saturated rings. The molecule has 2 heterocycles. The third-order valence-electron chi connectivity index (χ3n) is 6.96. The molecule has 2 amide bonds. The first kappa shape index (κ1) is 34.9. The Bertz CT molecular complexity index is 1530. The normalized spacial score (nSPS) is 15.0. The largest absolute Gasteiger partial charge is 0.444 e. The van der Waals surface area contributed by atoms with E-state index in [1.54, 1.807) is 68.0 Å². The van der Waals surface area contributed by atoms with Crippen LogP contribution in [-0.2, 0) is 25.6 Å². The minimum absolute atomic E-state index is 0.235. The van der Waals surface area contributed by atoms with Crippen LogP contribution in [0.15, 0.2) is 42.6 Å². The number of rotatable bonds is 12. The Morgan fingerprint density at radius 1 is 1.13 bits per heavy atom. The number of ketones is 1. The summed E-state index contributed by atoms with van der Waals surface area (Å²) in [5.74, 6) is -0.633. The third kappa shape index (κ3) is 10.0. The van der Waals surface area contributed by atoms with Crippen LogP contribution in [0, 0.1) is 5.92 Å². The minimum Gasteiger partial charge on any atom is -0.444 e. The van der Waals surface area contributed by atoms with Crippen molar-refractivity contribution in [2.45, 2.75) is 78.8 Å². The molecule has 12 nitrogen and oxygen atoms in total. The van der Waals surface area contributed by atoms with E-state index in [2.05, 4.69) is 34.8 Å². The molecule has 1 unspecified atom stereocenters. The minimum atomic E-state index is -0.734. The SMILES string of the molecule is CC(C)CN(C)c1cc(NC(=O)OC(C)(C)C)c(NC(=O)CC(=O)c2cccc(-n3nncc3COC3CCCCO3)c2)cc1Cl. The average molecular weight is 655 g/mol. The van der Waals surface area contributed by atoms with Gasteiger partial charge in [0.1, 0.15) is 5.60 Å². The number of hydrogen-bond acceptors (Lipinski definition) is 9. The summed E-state index contributed by atoms with van der Waals surface area (Å²) in [4.78, 5) is 41.0. The number of nitrogens with zero attached hydrogens (tertiary/aromatic N) is 4. The fourth-order valence-corrected chi connectivity index (χ4v) is 5.28. The van der Waals surface area contributed by atoms with Crippen molar-refractivity contribution in [2.24, 2.45) is 5.92 Å². The number of benzene rings is 2. The summed E-state index contributed by atoms with van der Waals surface area (Å²) < 4.78 is 18.6. The first-order valence-electron chi connectivity index (χ1n) is 15.4. The number of carbonyl (C=O) groups is 3. The molecule has 1 aliphatic rings. The van der Waals surface area contributed by atoms with Crippen LogP contribution in [-0.4, -0.2) is 64.9 Å². The smallest absolute Gasteiger partial charge is 0.412 e. The van der Waals surface area contributed by atoms with E-state index in [0.717, 1.165) is 19.3 Å². The molecule has 248 valence electrons. The standard InChI is InChI=1S/C33H43ClN6O6/c1-21(2)19-39(6)28-16-27(37-32(43)46-33(3,4)5)26(15-25(28)34)36-30(42)17-29(41)22-10-9-11-23(14-22)40-24(18-35-38-40)20-45-31-12-7-8-13-44-31/h9-11,14-16,18,21,31H,7-8,12-13,17,19-20H2,1-6H3,(H,36,42)(H,37,43). The quantitative estimate of drug-likeness (QED) is 0.163. The lowest BCUT2D eigenvalue weighted by Gasteiger charge is -2.25. The number of nitrogens with one attached hydrogen (secondary N) is 2. The van der Waals surface area contributed by atoms with Crippen LogP contribution in [0.4, 0.5) is 21.9 Å². The van der Waals surface area contributed by atoms with Gasteiger partial charge in [-0.05, 0) is 70.2 Å². The Morgan fingerprint density at radius 3 is 2.59 bits per heavy atom. The highest BCUT2D eigenvalue weighted by atomic mass is 35.5. The molecule has 2 N–H and O–H groups in total. The highest BCUT2D eigenvalue weighted by molar-refractivity contribution is 6.34. The Labute approximate surface area is 274 Å². The van der Waals surface area contributed by atoms with Crippen molar-refractivity contribution in [3.63, 3.8) is 0 Å². The molecule has 46 heavy (non-hydrogen) atoms. The van der Waals surface area contributed by atoms with Gasteiger partial charge in [-0.15, -0.1) is 5.10 Å². The Kier molecular flexibility index (Phi) is 11.8. The summed E-state index contributed by atoms with van der Waals surface area (Å²) in [5.41, 5.74) is 2.06. The van der Waals surface area contributed by atoms with Crippen LogP contribution < -0.4 is 15.5 Å². The second-order valence-electron chi connectivity index (χ2n) is 12.7. The van der Waals surface area contributed by atoms with E-state index in [-0.39, 0.29) is 24.3 Å². The zero-order valence-electron chi connectivity index (χ0n) is 27.3. The summed E-state index contributed by atoms with van der Waals surface area (Å²) in [6.45, 7) is 11.1. The number of carbonyl (C=O) groups excluding carboxylic acids is 3. The van der Waals surface area contributed by atoms with E-state index in [0.29, 0.717) is 46.7 Å². The van der Waals surface area contributed by atoms with Crippen LogP contribution in [0.25, 0.3) is 5.69 Å². The molecule has 13 heteroatoms. The molecule has 1 aliphatic heterocycles. The van der Waals surface area contributed by atoms with Gasteiger partial charge in [-0.3, -0.25) is 14.9 Å². The Balaban J connectivity index is 1.48. The van der Waals surface area contributed by atoms with Crippen molar-refractivity contribution in [3.05, 3.63) is 58.9 Å². The summed E-state index contributed by atoms with van der Waals surface area (Å²) in [5, 5.41) is 14.0. The van der Waals surface area contributed by atoms with Gasteiger partial charge in [0.25, 0.3) is 0 Å². The monoisotopic (exact) mass is 654 g/mol. The van der Waals surface area contributed by atoms with Gasteiger partial charge in [0, 0.05) is 25.8 Å². The zero-order valence-corrected chi connectivity index (χ0v) is 28.0. The van der Waals surface area contributed by atoms with E-state index >= 15 is 0 Å². The molecule has 0 bridgehead atoms. The second kappa shape index (κ2) is 15.5. The Hall–Kier alpha value is -4.00. The van der Waals surface area contributed by atoms with Crippen LogP contribution in [0.1, 0.15) is 76.4 Å². The van der Waals surface area contributed by atoms with Crippen molar-refractivity contribution < 1.29 is 28.6 Å². The molecule has 1 aromatic heterocycles. The maximum absolute atomic E-state index is 13.2. The number of Topliss-reactive ketones (excluding diaryl/α,β-unsaturated/α-hetero) is 1. The van der Waals surface area contributed by atoms with Crippen molar-refractivity contribution in [1.29, 1.82) is 0 Å². The second-order valence-corrected chi connectivity index (χ2v) is 13.1. The molecule has 3 aromatic rings. The van der Waals surface area contributed by atoms with Crippen molar-refractivity contribution in [3.8, 4) is 5.69 Å². The lowest BCUT2D eigenvalue weighted by Crippen LogP contribution is -2.28. The fourth-order valence-electron chi connectivity index (χ4n) is 4.97. The molecular formula is C33H43ClN6O6. The first-order chi connectivity index (χ1) is 21.8. The molecular weight excluding hydrogens is 612 g/mol. The van der Waals surface area contributed by atoms with Gasteiger partial charge in [-0.2, -0.15) is 0 Å². The van der Waals surface area contributed by atoms with Gasteiger partial charge >= 0.3 is 6.09 Å². The number of amides is 2.